The molecule has 0 saturated heterocycles. The SMILES string of the molecule is C.C.CCC([NH3+])C(=O)OC. The van der Waals surface area contributed by atoms with Crippen molar-refractivity contribution in [1.82, 2.24) is 0 Å². The fourth-order valence-electron chi connectivity index (χ4n) is 0.333. The van der Waals surface area contributed by atoms with E-state index in [-0.39, 0.29) is 26.9 Å². The molecule has 0 aliphatic rings. The van der Waals surface area contributed by atoms with E-state index in [2.05, 4.69) is 10.5 Å². The second-order valence-electron chi connectivity index (χ2n) is 1.63. The highest BCUT2D eigenvalue weighted by Gasteiger charge is 2.13. The first-order valence-corrected chi connectivity index (χ1v) is 2.63. The number of ether oxygens (including phenoxy) is 1. The largest absolute Gasteiger partial charge is 0.465 e. The molecule has 0 aliphatic heterocycles. The van der Waals surface area contributed by atoms with Crippen LogP contribution in [0.1, 0.15) is 28.2 Å². The maximum Gasteiger partial charge on any atom is 0.364 e. The molecule has 0 rings (SSSR count). The second kappa shape index (κ2) is 8.43. The summed E-state index contributed by atoms with van der Waals surface area (Å²) in [6, 6.07) is -0.194. The molecule has 0 spiro atoms. The summed E-state index contributed by atoms with van der Waals surface area (Å²) in [5.41, 5.74) is 3.55. The first-order chi connectivity index (χ1) is 3.72. The number of hydrogen-bond acceptors (Lipinski definition) is 2. The molecule has 3 nitrogen and oxygen atoms in total. The van der Waals surface area contributed by atoms with Crippen molar-refractivity contribution in [2.75, 3.05) is 7.11 Å². The van der Waals surface area contributed by atoms with Crippen LogP contribution >= 0.6 is 0 Å². The lowest BCUT2D eigenvalue weighted by atomic mass is 10.2. The third kappa shape index (κ3) is 5.56. The van der Waals surface area contributed by atoms with Crippen LogP contribution in [0.15, 0.2) is 0 Å². The van der Waals surface area contributed by atoms with Crippen LogP contribution in [0, 0.1) is 0 Å². The van der Waals surface area contributed by atoms with E-state index in [0.29, 0.717) is 0 Å². The standard InChI is InChI=1S/C5H11NO2.2CH4/c1-3-4(6)5(7)8-2;;/h4H,3,6H2,1-2H3;2*1H4/p+1. The fourth-order valence-corrected chi connectivity index (χ4v) is 0.333. The average molecular weight is 150 g/mol. The molecule has 3 heteroatoms. The molecule has 0 heterocycles. The molecule has 0 aliphatic carbocycles. The fraction of sp³-hybridized carbons (Fsp3) is 0.857. The summed E-state index contributed by atoms with van der Waals surface area (Å²) >= 11 is 0. The van der Waals surface area contributed by atoms with Crippen molar-refractivity contribution in [3.8, 4) is 0 Å². The minimum atomic E-state index is -0.229. The van der Waals surface area contributed by atoms with Crippen molar-refractivity contribution in [1.29, 1.82) is 0 Å². The van der Waals surface area contributed by atoms with Crippen molar-refractivity contribution in [2.45, 2.75) is 34.2 Å². The van der Waals surface area contributed by atoms with Crippen molar-refractivity contribution < 1.29 is 15.3 Å². The summed E-state index contributed by atoms with van der Waals surface area (Å²) in [6.07, 6.45) is 0.743. The minimum Gasteiger partial charge on any atom is -0.465 e. The number of hydrogen-bond donors (Lipinski definition) is 1. The summed E-state index contributed by atoms with van der Waals surface area (Å²) in [5, 5.41) is 0. The maximum atomic E-state index is 10.5. The van der Waals surface area contributed by atoms with Gasteiger partial charge in [0.1, 0.15) is 0 Å². The molecule has 10 heavy (non-hydrogen) atoms. The van der Waals surface area contributed by atoms with Gasteiger partial charge in [-0.15, -0.1) is 0 Å². The minimum absolute atomic E-state index is 0. The van der Waals surface area contributed by atoms with E-state index < -0.39 is 0 Å². The predicted octanol–water partition coefficient (Wildman–Crippen LogP) is 0.452. The van der Waals surface area contributed by atoms with E-state index in [1.807, 2.05) is 6.92 Å². The van der Waals surface area contributed by atoms with Crippen LogP contribution in [0.5, 0.6) is 0 Å². The first-order valence-electron chi connectivity index (χ1n) is 2.63. The van der Waals surface area contributed by atoms with Crippen LogP contribution in [0.4, 0.5) is 0 Å². The van der Waals surface area contributed by atoms with Crippen molar-refractivity contribution in [3.05, 3.63) is 0 Å². The van der Waals surface area contributed by atoms with Gasteiger partial charge in [0.25, 0.3) is 0 Å². The summed E-state index contributed by atoms with van der Waals surface area (Å²) in [4.78, 5) is 10.5. The van der Waals surface area contributed by atoms with Gasteiger partial charge in [0, 0.05) is 6.42 Å². The Morgan fingerprint density at radius 1 is 1.60 bits per heavy atom. The van der Waals surface area contributed by atoms with Gasteiger partial charge in [-0.3, -0.25) is 0 Å². The third-order valence-electron chi connectivity index (χ3n) is 1.03. The normalized spacial score (nSPS) is 10.3. The van der Waals surface area contributed by atoms with Crippen molar-refractivity contribution in [3.63, 3.8) is 0 Å². The van der Waals surface area contributed by atoms with Gasteiger partial charge >= 0.3 is 5.97 Å². The number of carbonyl (C=O) groups is 1. The van der Waals surface area contributed by atoms with Crippen LogP contribution in [0.3, 0.4) is 0 Å². The van der Waals surface area contributed by atoms with E-state index in [1.54, 1.807) is 0 Å². The summed E-state index contributed by atoms with van der Waals surface area (Å²) in [5.74, 6) is -0.229. The Bertz CT molecular complexity index is 83.7. The quantitative estimate of drug-likeness (QED) is 0.581. The Balaban J connectivity index is -0.000000245. The number of esters is 1. The highest BCUT2D eigenvalue weighted by Crippen LogP contribution is 1.84. The molecule has 3 N–H and O–H groups in total. The highest BCUT2D eigenvalue weighted by atomic mass is 16.5. The number of carbonyl (C=O) groups excluding carboxylic acids is 1. The summed E-state index contributed by atoms with van der Waals surface area (Å²) < 4.78 is 4.40. The molecular formula is C7H20NO2+. The Hall–Kier alpha value is -0.570. The molecular weight excluding hydrogens is 130 g/mol. The molecule has 0 aromatic heterocycles. The smallest absolute Gasteiger partial charge is 0.364 e. The van der Waals surface area contributed by atoms with Crippen molar-refractivity contribution >= 4 is 5.97 Å². The van der Waals surface area contributed by atoms with Crippen LogP contribution in [-0.4, -0.2) is 19.1 Å². The zero-order valence-corrected chi connectivity index (χ0v) is 5.31. The molecule has 0 aromatic rings. The maximum absolute atomic E-state index is 10.5. The zero-order valence-electron chi connectivity index (χ0n) is 5.31. The summed E-state index contributed by atoms with van der Waals surface area (Å²) in [7, 11) is 1.37. The molecule has 0 saturated carbocycles. The van der Waals surface area contributed by atoms with Crippen LogP contribution < -0.4 is 5.73 Å². The lowest BCUT2D eigenvalue weighted by molar-refractivity contribution is -0.408. The van der Waals surface area contributed by atoms with Crippen LogP contribution in [0.25, 0.3) is 0 Å². The van der Waals surface area contributed by atoms with Gasteiger partial charge in [0.15, 0.2) is 6.04 Å². The van der Waals surface area contributed by atoms with E-state index >= 15 is 0 Å². The zero-order chi connectivity index (χ0) is 6.57. The number of methoxy groups -OCH3 is 1. The van der Waals surface area contributed by atoms with Gasteiger partial charge in [0.05, 0.1) is 7.11 Å². The Morgan fingerprint density at radius 2 is 2.00 bits per heavy atom. The van der Waals surface area contributed by atoms with Gasteiger partial charge in [-0.05, 0) is 0 Å². The molecule has 0 bridgehead atoms. The Morgan fingerprint density at radius 3 is 2.10 bits per heavy atom. The average Bonchev–Trinajstić information content (AvgIpc) is 1.84. The number of rotatable bonds is 2. The topological polar surface area (TPSA) is 53.9 Å². The van der Waals surface area contributed by atoms with Gasteiger partial charge in [0.2, 0.25) is 0 Å². The monoisotopic (exact) mass is 150 g/mol. The number of quaternary nitrogens is 1. The van der Waals surface area contributed by atoms with Crippen LogP contribution in [-0.2, 0) is 9.53 Å². The third-order valence-corrected chi connectivity index (χ3v) is 1.03. The first kappa shape index (κ1) is 16.2. The molecule has 0 amide bonds. The van der Waals surface area contributed by atoms with E-state index in [4.69, 9.17) is 0 Å². The molecule has 64 valence electrons. The van der Waals surface area contributed by atoms with E-state index in [0.717, 1.165) is 6.42 Å². The van der Waals surface area contributed by atoms with Crippen molar-refractivity contribution in [2.24, 2.45) is 0 Å². The van der Waals surface area contributed by atoms with Gasteiger partial charge in [-0.1, -0.05) is 21.8 Å². The Kier molecular flexibility index (Phi) is 13.7. The van der Waals surface area contributed by atoms with E-state index in [9.17, 15) is 4.79 Å². The molecule has 1 atom stereocenters. The van der Waals surface area contributed by atoms with E-state index in [1.165, 1.54) is 7.11 Å². The lowest BCUT2D eigenvalue weighted by Crippen LogP contribution is -2.64. The molecule has 0 aromatic carbocycles. The van der Waals surface area contributed by atoms with Crippen LogP contribution in [0.2, 0.25) is 0 Å². The molecule has 0 radical (unpaired) electrons. The highest BCUT2D eigenvalue weighted by molar-refractivity contribution is 5.73. The Labute approximate surface area is 63.6 Å². The predicted molar refractivity (Wildman–Crippen MR) is 42.4 cm³/mol. The summed E-state index contributed by atoms with van der Waals surface area (Å²) in [6.45, 7) is 1.90. The molecule has 1 unspecified atom stereocenters. The second-order valence-corrected chi connectivity index (χ2v) is 1.63. The molecule has 0 fully saturated rings. The van der Waals surface area contributed by atoms with Gasteiger partial charge < -0.3 is 10.5 Å². The lowest BCUT2D eigenvalue weighted by Gasteiger charge is -1.99. The van der Waals surface area contributed by atoms with Gasteiger partial charge in [-0.2, -0.15) is 0 Å². The van der Waals surface area contributed by atoms with Gasteiger partial charge in [-0.25, -0.2) is 4.79 Å².